The van der Waals surface area contributed by atoms with Gasteiger partial charge < -0.3 is 102 Å². The molecule has 2 bridgehead atoms. The lowest BCUT2D eigenvalue weighted by molar-refractivity contribution is -0.337. The van der Waals surface area contributed by atoms with Gasteiger partial charge in [0.05, 0.1) is 110 Å². The molecule has 18 unspecified atom stereocenters. The first-order chi connectivity index (χ1) is 52.1. The summed E-state index contributed by atoms with van der Waals surface area (Å²) in [5, 5.41) is 54.2. The first-order valence-corrected chi connectivity index (χ1v) is 40.4. The van der Waals surface area contributed by atoms with E-state index < -0.39 is 150 Å². The number of alkyl carbamates (subject to hydrolysis) is 1. The second-order valence-electron chi connectivity index (χ2n) is 27.0. The highest BCUT2D eigenvalue weighted by Gasteiger charge is 2.59. The largest absolute Gasteiger partial charge is 0.493 e. The van der Waals surface area contributed by atoms with Gasteiger partial charge in [-0.2, -0.15) is 10.6 Å². The first kappa shape index (κ1) is 87.7. The number of amides is 3. The van der Waals surface area contributed by atoms with E-state index in [2.05, 4.69) is 48.5 Å². The van der Waals surface area contributed by atoms with Crippen LogP contribution in [0.2, 0.25) is 0 Å². The fourth-order valence-corrected chi connectivity index (χ4v) is 17.9. The number of hydrogen-bond acceptors (Lipinski definition) is 31. The number of hydrogen-bond donors (Lipinski definition) is 8. The van der Waals surface area contributed by atoms with E-state index in [1.165, 1.54) is 69.1 Å². The minimum Gasteiger partial charge on any atom is -0.493 e. The molecule has 5 heterocycles. The number of thioether (sulfide) groups is 1. The quantitative estimate of drug-likeness (QED) is 0.00534. The van der Waals surface area contributed by atoms with Crippen LogP contribution in [0, 0.1) is 40.1 Å². The normalized spacial score (nSPS) is 31.1. The summed E-state index contributed by atoms with van der Waals surface area (Å²) in [5.41, 5.74) is 5.31. The molecule has 7 aliphatic rings. The molecule has 8 N–H and O–H groups in total. The second kappa shape index (κ2) is 40.2. The number of halogens is 2. The van der Waals surface area contributed by atoms with Crippen LogP contribution < -0.4 is 38.7 Å². The standard InChI is InChI=1S/C73H94I2N6O25S3/c1-14-81(40(6)83)46-35-98-52(28-50(46)92-9)102-63-58(87)57(80-106-53-27-47(84)66(39(5)99-53)108-67(89)54-36(2)56(74)61(64(95-12)60(54)93-10)103-68-59(88)62(94-11)65-70(104-65)105-68)38(4)100-69(63)101-49-19-17-15-16-18-25-73(91)29-48(85)44(32-76-71(90)96-13)55(49)45(73)24-26-107-109-72(7,8)30-51(86)79-78-37(3)42-20-22-43(23-21-42)97-34-41(33-82)31-77-75/h15-16,20-24,33,38-39,41,46-47,49-50,52-53,57-59,62-63,65-66,68-70,77,80,84,87-88,91H,14,26-32,34-35H2,1-13H3,(H,76,90)(H,79,86)/b16-15-,45-24+,78-37-/t38?,39?,41?,46?,47?,49-,50?,52?,53?,57?,58?,59?,62?,63?,65?,66?,68?,69?,70?,73-/m0/s1. The van der Waals surface area contributed by atoms with Crippen LogP contribution in [0.5, 0.6) is 23.0 Å². The molecule has 0 saturated carbocycles. The van der Waals surface area contributed by atoms with E-state index in [0.717, 1.165) is 30.7 Å². The molecule has 109 heavy (non-hydrogen) atoms. The van der Waals surface area contributed by atoms with E-state index in [1.54, 1.807) is 62.9 Å². The number of nitrogens with one attached hydrogen (secondary N) is 4. The number of aldehydes is 1. The maximum absolute atomic E-state index is 14.6. The van der Waals surface area contributed by atoms with Crippen molar-refractivity contribution in [2.75, 3.05) is 74.1 Å². The third kappa shape index (κ3) is 21.8. The van der Waals surface area contributed by atoms with E-state index in [4.69, 9.17) is 71.2 Å². The predicted molar refractivity (Wildman–Crippen MR) is 416 cm³/mol. The number of methoxy groups -OCH3 is 5. The van der Waals surface area contributed by atoms with Crippen molar-refractivity contribution < 1.29 is 120 Å². The predicted octanol–water partition coefficient (Wildman–Crippen LogP) is 5.04. The van der Waals surface area contributed by atoms with Crippen molar-refractivity contribution in [1.82, 2.24) is 24.7 Å². The molecule has 0 aromatic heterocycles. The average Bonchev–Trinajstić information content (AvgIpc) is 1.72. The number of hydroxylamine groups is 1. The Morgan fingerprint density at radius 3 is 2.30 bits per heavy atom. The van der Waals surface area contributed by atoms with E-state index in [0.29, 0.717) is 33.7 Å². The first-order valence-electron chi connectivity index (χ1n) is 35.1. The molecule has 36 heteroatoms. The van der Waals surface area contributed by atoms with Crippen molar-refractivity contribution in [2.24, 2.45) is 11.0 Å². The zero-order valence-corrected chi connectivity index (χ0v) is 69.2. The number of Topliss-reactive ketones (excluding diaryl/α,β-unsaturated/α-hetero) is 1. The Labute approximate surface area is 672 Å². The number of fused-ring (bicyclic) bond motifs is 3. The molecule has 20 atom stereocenters. The van der Waals surface area contributed by atoms with Crippen molar-refractivity contribution in [3.63, 3.8) is 0 Å². The minimum absolute atomic E-state index is 0.0165. The highest BCUT2D eigenvalue weighted by molar-refractivity contribution is 14.1. The lowest BCUT2D eigenvalue weighted by Gasteiger charge is -2.47. The number of ketones is 1. The number of likely N-dealkylation sites (N-methyl/N-ethyl adjacent to an activating group) is 1. The van der Waals surface area contributed by atoms with Crippen LogP contribution in [0.15, 0.2) is 64.3 Å². The number of rotatable bonds is 33. The van der Waals surface area contributed by atoms with Gasteiger partial charge in [-0.05, 0) is 119 Å². The van der Waals surface area contributed by atoms with Crippen molar-refractivity contribution in [3.05, 3.63) is 79.5 Å². The number of carbonyl (C=O) groups excluding carboxylic acids is 6. The Morgan fingerprint density at radius 1 is 0.908 bits per heavy atom. The summed E-state index contributed by atoms with van der Waals surface area (Å²) < 4.78 is 87.0. The van der Waals surface area contributed by atoms with Gasteiger partial charge in [0.15, 0.2) is 48.0 Å². The van der Waals surface area contributed by atoms with Gasteiger partial charge in [0.1, 0.15) is 48.7 Å². The Bertz CT molecular complexity index is 3840. The van der Waals surface area contributed by atoms with E-state index in [-0.39, 0.29) is 95.5 Å². The summed E-state index contributed by atoms with van der Waals surface area (Å²) in [7, 11) is 9.55. The summed E-state index contributed by atoms with van der Waals surface area (Å²) >= 11 is 4.80. The van der Waals surface area contributed by atoms with Gasteiger partial charge in [-0.1, -0.05) is 63.1 Å². The van der Waals surface area contributed by atoms with E-state index in [1.807, 2.05) is 66.2 Å². The van der Waals surface area contributed by atoms with Crippen LogP contribution in [0.3, 0.4) is 0 Å². The summed E-state index contributed by atoms with van der Waals surface area (Å²) in [6, 6.07) is 5.40. The van der Waals surface area contributed by atoms with Crippen LogP contribution in [-0.4, -0.2) is 260 Å². The van der Waals surface area contributed by atoms with Crippen LogP contribution in [0.1, 0.15) is 95.6 Å². The van der Waals surface area contributed by atoms with E-state index in [9.17, 15) is 49.2 Å². The molecule has 9 rings (SSSR count). The van der Waals surface area contributed by atoms with Gasteiger partial charge in [-0.15, -0.1) is 0 Å². The van der Waals surface area contributed by atoms with Gasteiger partial charge in [-0.25, -0.2) is 10.2 Å². The highest BCUT2D eigenvalue weighted by Crippen LogP contribution is 2.50. The van der Waals surface area contributed by atoms with Crippen molar-refractivity contribution >= 4 is 120 Å². The number of hydrazone groups is 1. The molecule has 2 aromatic carbocycles. The summed E-state index contributed by atoms with van der Waals surface area (Å²) in [6.07, 6.45) is -12.9. The fourth-order valence-electron chi connectivity index (χ4n) is 13.3. The summed E-state index contributed by atoms with van der Waals surface area (Å²) in [4.78, 5) is 87.6. The molecule has 5 aliphatic heterocycles. The fraction of sp³-hybridized carbons (Fsp3) is 0.603. The smallest absolute Gasteiger partial charge is 0.407 e. The Kier molecular flexibility index (Phi) is 32.3. The number of epoxide rings is 1. The highest BCUT2D eigenvalue weighted by atomic mass is 127. The molecule has 598 valence electrons. The van der Waals surface area contributed by atoms with Crippen molar-refractivity contribution in [3.8, 4) is 46.7 Å². The molecular formula is C73H94I2N6O25S3. The minimum atomic E-state index is -2.18. The maximum atomic E-state index is 14.6. The molecule has 5 saturated heterocycles. The number of benzene rings is 2. The average molecular weight is 1810 g/mol. The Balaban J connectivity index is 0.933. The SMILES string of the molecule is CCN(C(C)=O)C1COC(OC2C(O[C@H]3C#C/C=C\C#C[C@]4(O)CC(=O)C(CNC(=O)OC)=C3/C4=C\CSSC(C)(C)CC(=O)N/N=C(/C)c3ccc(OCC(C=O)CNI)cc3)OC(C)C(NOC3CC(O)C(SC(=O)c4c(C)c(I)c(OC5OC6OC6C(OC)C5O)c(OC)c4OC)C(C)O3)C2O)CC1OC. The Hall–Kier alpha value is -5.26. The third-order valence-corrected chi connectivity index (χ3v) is 25.2. The van der Waals surface area contributed by atoms with Gasteiger partial charge in [-0.3, -0.25) is 27.5 Å². The number of allylic oxidation sites excluding steroid dienone is 2. The lowest BCUT2D eigenvalue weighted by atomic mass is 9.73. The summed E-state index contributed by atoms with van der Waals surface area (Å²) in [6.45, 7) is 14.3. The summed E-state index contributed by atoms with van der Waals surface area (Å²) in [5.74, 6) is 11.1. The van der Waals surface area contributed by atoms with Crippen LogP contribution in [0.4, 0.5) is 4.79 Å². The van der Waals surface area contributed by atoms with Crippen molar-refractivity contribution in [1.29, 1.82) is 0 Å². The van der Waals surface area contributed by atoms with E-state index >= 15 is 0 Å². The monoisotopic (exact) mass is 1800 g/mol. The molecular weight excluding hydrogens is 1710 g/mol. The Morgan fingerprint density at radius 2 is 1.64 bits per heavy atom. The number of aliphatic hydroxyl groups is 4. The second-order valence-corrected chi connectivity index (χ2v) is 33.0. The third-order valence-electron chi connectivity index (χ3n) is 19.0. The van der Waals surface area contributed by atoms with Crippen LogP contribution in [-0.2, 0) is 71.4 Å². The number of aliphatic hydroxyl groups excluding tert-OH is 3. The number of ether oxygens (including phenoxy) is 14. The molecule has 2 aromatic rings. The maximum Gasteiger partial charge on any atom is 0.407 e. The topological polar surface area (TPSA) is 389 Å². The molecule has 0 spiro atoms. The van der Waals surface area contributed by atoms with Gasteiger partial charge in [0.2, 0.25) is 29.0 Å². The lowest BCUT2D eigenvalue weighted by Crippen LogP contribution is -2.65. The molecule has 3 amide bonds. The number of nitrogens with zero attached hydrogens (tertiary/aromatic N) is 2. The van der Waals surface area contributed by atoms with Gasteiger partial charge in [0, 0.05) is 104 Å². The van der Waals surface area contributed by atoms with Crippen molar-refractivity contribution in [2.45, 2.75) is 201 Å². The molecule has 31 nitrogen and oxygen atoms in total. The molecule has 2 aliphatic carbocycles. The molecule has 0 radical (unpaired) electrons. The van der Waals surface area contributed by atoms with Crippen LogP contribution >= 0.6 is 78.8 Å². The number of carbonyl (C=O) groups is 6. The molecule has 5 fully saturated rings. The van der Waals surface area contributed by atoms with Gasteiger partial charge >= 0.3 is 6.09 Å². The zero-order chi connectivity index (χ0) is 79.2. The van der Waals surface area contributed by atoms with Crippen LogP contribution in [0.25, 0.3) is 0 Å². The van der Waals surface area contributed by atoms with Gasteiger partial charge in [0.25, 0.3) is 0 Å². The zero-order valence-electron chi connectivity index (χ0n) is 62.4.